The largest absolute Gasteiger partial charge is 0.383 e. The van der Waals surface area contributed by atoms with Crippen LogP contribution in [0.1, 0.15) is 23.7 Å². The first-order chi connectivity index (χ1) is 12.0. The molecule has 0 bridgehead atoms. The van der Waals surface area contributed by atoms with Gasteiger partial charge in [-0.05, 0) is 31.2 Å². The van der Waals surface area contributed by atoms with Crippen molar-refractivity contribution in [2.24, 2.45) is 0 Å². The Balaban J connectivity index is 1.92. The van der Waals surface area contributed by atoms with Gasteiger partial charge in [-0.1, -0.05) is 0 Å². The number of nitrogens with one attached hydrogen (secondary N) is 3. The fourth-order valence-electron chi connectivity index (χ4n) is 2.47. The normalized spacial score (nSPS) is 17.4. The van der Waals surface area contributed by atoms with Gasteiger partial charge >= 0.3 is 6.03 Å². The van der Waals surface area contributed by atoms with Crippen LogP contribution >= 0.6 is 0 Å². The lowest BCUT2D eigenvalue weighted by atomic mass is 10.2. The molecule has 0 radical (unpaired) electrons. The molecule has 25 heavy (non-hydrogen) atoms. The van der Waals surface area contributed by atoms with Gasteiger partial charge in [0.2, 0.25) is 5.91 Å². The molecule has 0 aliphatic carbocycles. The number of hydrogen-bond acceptors (Lipinski definition) is 4. The van der Waals surface area contributed by atoms with E-state index in [2.05, 4.69) is 16.0 Å². The van der Waals surface area contributed by atoms with Crippen molar-refractivity contribution in [1.82, 2.24) is 15.5 Å². The average molecular weight is 348 g/mol. The first-order valence-corrected chi connectivity index (χ1v) is 8.22. The molecule has 3 N–H and O–H groups in total. The third-order valence-corrected chi connectivity index (χ3v) is 3.96. The molecule has 1 aromatic carbocycles. The van der Waals surface area contributed by atoms with Crippen LogP contribution in [0.25, 0.3) is 0 Å². The van der Waals surface area contributed by atoms with Crippen molar-refractivity contribution in [3.8, 4) is 0 Å². The number of rotatable bonds is 5. The highest BCUT2D eigenvalue weighted by atomic mass is 16.5. The Labute approximate surface area is 146 Å². The Kier molecular flexibility index (Phi) is 6.76. The summed E-state index contributed by atoms with van der Waals surface area (Å²) in [5, 5.41) is 8.30. The molecule has 0 saturated carbocycles. The lowest BCUT2D eigenvalue weighted by Crippen LogP contribution is -2.44. The van der Waals surface area contributed by atoms with E-state index in [1.165, 1.54) is 0 Å². The molecular weight excluding hydrogens is 324 g/mol. The fourth-order valence-corrected chi connectivity index (χ4v) is 2.47. The van der Waals surface area contributed by atoms with Gasteiger partial charge in [0.1, 0.15) is 0 Å². The highest BCUT2D eigenvalue weighted by Gasteiger charge is 2.24. The lowest BCUT2D eigenvalue weighted by molar-refractivity contribution is -0.120. The van der Waals surface area contributed by atoms with E-state index in [1.807, 2.05) is 6.92 Å². The van der Waals surface area contributed by atoms with Crippen LogP contribution in [0.3, 0.4) is 0 Å². The fraction of sp³-hybridized carbons (Fsp3) is 0.471. The summed E-state index contributed by atoms with van der Waals surface area (Å²) >= 11 is 0. The molecule has 0 spiro atoms. The molecular formula is C17H24N4O4. The Hall–Kier alpha value is -2.61. The quantitative estimate of drug-likeness (QED) is 0.686. The van der Waals surface area contributed by atoms with Gasteiger partial charge in [0.25, 0.3) is 5.91 Å². The topological polar surface area (TPSA) is 99.8 Å². The van der Waals surface area contributed by atoms with Crippen molar-refractivity contribution in [3.63, 3.8) is 0 Å². The highest BCUT2D eigenvalue weighted by molar-refractivity contribution is 5.95. The van der Waals surface area contributed by atoms with Crippen LogP contribution in [0, 0.1) is 0 Å². The number of anilines is 1. The van der Waals surface area contributed by atoms with E-state index in [1.54, 1.807) is 36.3 Å². The zero-order valence-corrected chi connectivity index (χ0v) is 14.5. The summed E-state index contributed by atoms with van der Waals surface area (Å²) in [5.41, 5.74) is 1.10. The smallest absolute Gasteiger partial charge is 0.322 e. The SMILES string of the molecule is COCCNC(=O)c1ccc(NC(=O)N2CCC(=O)NCC2C)cc1. The number of hydrogen-bond donors (Lipinski definition) is 3. The zero-order chi connectivity index (χ0) is 18.2. The number of ether oxygens (including phenoxy) is 1. The molecule has 1 atom stereocenters. The number of benzene rings is 1. The van der Waals surface area contributed by atoms with Crippen LogP contribution < -0.4 is 16.0 Å². The maximum atomic E-state index is 12.4. The number of methoxy groups -OCH3 is 1. The highest BCUT2D eigenvalue weighted by Crippen LogP contribution is 2.13. The van der Waals surface area contributed by atoms with E-state index >= 15 is 0 Å². The first-order valence-electron chi connectivity index (χ1n) is 8.22. The Morgan fingerprint density at radius 1 is 1.32 bits per heavy atom. The van der Waals surface area contributed by atoms with Gasteiger partial charge in [-0.3, -0.25) is 9.59 Å². The summed E-state index contributed by atoms with van der Waals surface area (Å²) < 4.78 is 4.88. The van der Waals surface area contributed by atoms with Gasteiger partial charge in [-0.15, -0.1) is 0 Å². The van der Waals surface area contributed by atoms with E-state index in [0.29, 0.717) is 43.9 Å². The molecule has 8 nitrogen and oxygen atoms in total. The molecule has 136 valence electrons. The summed E-state index contributed by atoms with van der Waals surface area (Å²) in [5.74, 6) is -0.244. The van der Waals surface area contributed by atoms with Crippen LogP contribution in [0.5, 0.6) is 0 Å². The molecule has 1 saturated heterocycles. The second kappa shape index (κ2) is 9.03. The van der Waals surface area contributed by atoms with E-state index < -0.39 is 0 Å². The summed E-state index contributed by atoms with van der Waals surface area (Å²) in [7, 11) is 1.57. The second-order valence-electron chi connectivity index (χ2n) is 5.85. The summed E-state index contributed by atoms with van der Waals surface area (Å²) in [6, 6.07) is 6.30. The standard InChI is InChI=1S/C17H24N4O4/c1-12-11-19-15(22)7-9-21(12)17(24)20-14-5-3-13(4-6-14)16(23)18-8-10-25-2/h3-6,12H,7-11H2,1-2H3,(H,18,23)(H,19,22)(H,20,24). The van der Waals surface area contributed by atoms with Crippen molar-refractivity contribution in [2.75, 3.05) is 38.7 Å². The van der Waals surface area contributed by atoms with E-state index in [9.17, 15) is 14.4 Å². The van der Waals surface area contributed by atoms with Crippen LogP contribution in [0.2, 0.25) is 0 Å². The molecule has 1 heterocycles. The monoisotopic (exact) mass is 348 g/mol. The van der Waals surface area contributed by atoms with Crippen molar-refractivity contribution in [3.05, 3.63) is 29.8 Å². The molecule has 1 aliphatic rings. The molecule has 0 aromatic heterocycles. The molecule has 1 aromatic rings. The Bertz CT molecular complexity index is 618. The summed E-state index contributed by atoms with van der Waals surface area (Å²) in [6.45, 7) is 3.59. The maximum Gasteiger partial charge on any atom is 0.322 e. The second-order valence-corrected chi connectivity index (χ2v) is 5.85. The van der Waals surface area contributed by atoms with Crippen molar-refractivity contribution in [2.45, 2.75) is 19.4 Å². The van der Waals surface area contributed by atoms with Crippen LogP contribution in [-0.4, -0.2) is 62.1 Å². The van der Waals surface area contributed by atoms with Crippen molar-refractivity contribution in [1.29, 1.82) is 0 Å². The Morgan fingerprint density at radius 2 is 2.04 bits per heavy atom. The van der Waals surface area contributed by atoms with Crippen LogP contribution in [0.15, 0.2) is 24.3 Å². The number of nitrogens with zero attached hydrogens (tertiary/aromatic N) is 1. The molecule has 8 heteroatoms. The van der Waals surface area contributed by atoms with Gasteiger partial charge in [0.15, 0.2) is 0 Å². The minimum Gasteiger partial charge on any atom is -0.383 e. The van der Waals surface area contributed by atoms with Crippen LogP contribution in [-0.2, 0) is 9.53 Å². The molecule has 1 fully saturated rings. The number of carbonyl (C=O) groups is 3. The predicted molar refractivity (Wildman–Crippen MR) is 93.5 cm³/mol. The van der Waals surface area contributed by atoms with Crippen LogP contribution in [0.4, 0.5) is 10.5 Å². The number of urea groups is 1. The minimum atomic E-state index is -0.263. The van der Waals surface area contributed by atoms with Crippen molar-refractivity contribution < 1.29 is 19.1 Å². The van der Waals surface area contributed by atoms with Gasteiger partial charge in [0, 0.05) is 50.5 Å². The molecule has 1 aliphatic heterocycles. The molecule has 2 rings (SSSR count). The van der Waals surface area contributed by atoms with Gasteiger partial charge < -0.3 is 25.6 Å². The van der Waals surface area contributed by atoms with E-state index in [-0.39, 0.29) is 23.9 Å². The average Bonchev–Trinajstić information content (AvgIpc) is 2.77. The van der Waals surface area contributed by atoms with Gasteiger partial charge in [-0.2, -0.15) is 0 Å². The summed E-state index contributed by atoms with van der Waals surface area (Å²) in [6.07, 6.45) is 0.290. The van der Waals surface area contributed by atoms with Gasteiger partial charge in [0.05, 0.1) is 6.61 Å². The minimum absolute atomic E-state index is 0.0500. The lowest BCUT2D eigenvalue weighted by Gasteiger charge is -2.26. The maximum absolute atomic E-state index is 12.4. The van der Waals surface area contributed by atoms with Crippen molar-refractivity contribution >= 4 is 23.5 Å². The number of carbonyl (C=O) groups excluding carboxylic acids is 3. The summed E-state index contributed by atoms with van der Waals surface area (Å²) in [4.78, 5) is 37.4. The predicted octanol–water partition coefficient (Wildman–Crippen LogP) is 0.805. The third kappa shape index (κ3) is 5.46. The molecule has 1 unspecified atom stereocenters. The first kappa shape index (κ1) is 18.7. The number of amides is 4. The van der Waals surface area contributed by atoms with Gasteiger partial charge in [-0.25, -0.2) is 4.79 Å². The zero-order valence-electron chi connectivity index (χ0n) is 14.5. The Morgan fingerprint density at radius 3 is 2.72 bits per heavy atom. The van der Waals surface area contributed by atoms with E-state index in [0.717, 1.165) is 0 Å². The van der Waals surface area contributed by atoms with E-state index in [4.69, 9.17) is 4.74 Å². The third-order valence-electron chi connectivity index (χ3n) is 3.96. The molecule has 4 amide bonds.